The zero-order valence-corrected chi connectivity index (χ0v) is 10.3. The van der Waals surface area contributed by atoms with E-state index in [1.165, 1.54) is 0 Å². The third-order valence-electron chi connectivity index (χ3n) is 3.63. The summed E-state index contributed by atoms with van der Waals surface area (Å²) in [6.45, 7) is 5.52. The van der Waals surface area contributed by atoms with Gasteiger partial charge in [0.05, 0.1) is 19.8 Å². The summed E-state index contributed by atoms with van der Waals surface area (Å²) in [5.74, 6) is 0.787. The summed E-state index contributed by atoms with van der Waals surface area (Å²) in [5.41, 5.74) is 0. The van der Waals surface area contributed by atoms with E-state index >= 15 is 0 Å². The monoisotopic (exact) mass is 242 g/mol. The summed E-state index contributed by atoms with van der Waals surface area (Å²) in [5, 5.41) is 8.89. The number of amides is 1. The number of hydrogen-bond donors (Lipinski definition) is 1. The van der Waals surface area contributed by atoms with Gasteiger partial charge < -0.3 is 14.7 Å². The minimum absolute atomic E-state index is 0.220. The van der Waals surface area contributed by atoms with Crippen LogP contribution in [-0.4, -0.2) is 73.4 Å². The standard InChI is InChI=1S/C12H22N2O3/c15-6-2-11-1-3-13(9-11)10-12(16)14-4-7-17-8-5-14/h11,15H,1-10H2. The average Bonchev–Trinajstić information content (AvgIpc) is 2.78. The van der Waals surface area contributed by atoms with E-state index in [9.17, 15) is 4.79 Å². The fourth-order valence-corrected chi connectivity index (χ4v) is 2.58. The highest BCUT2D eigenvalue weighted by Crippen LogP contribution is 2.18. The van der Waals surface area contributed by atoms with Crippen LogP contribution in [-0.2, 0) is 9.53 Å². The Labute approximate surface area is 102 Å². The smallest absolute Gasteiger partial charge is 0.236 e. The molecule has 1 N–H and O–H groups in total. The van der Waals surface area contributed by atoms with Crippen molar-refractivity contribution < 1.29 is 14.6 Å². The maximum atomic E-state index is 12.0. The number of carbonyl (C=O) groups excluding carboxylic acids is 1. The van der Waals surface area contributed by atoms with Crippen molar-refractivity contribution in [3.63, 3.8) is 0 Å². The highest BCUT2D eigenvalue weighted by molar-refractivity contribution is 5.78. The Bertz CT molecular complexity index is 254. The van der Waals surface area contributed by atoms with Gasteiger partial charge in [-0.1, -0.05) is 0 Å². The summed E-state index contributed by atoms with van der Waals surface area (Å²) in [6.07, 6.45) is 1.97. The van der Waals surface area contributed by atoms with Gasteiger partial charge in [-0.05, 0) is 25.3 Å². The van der Waals surface area contributed by atoms with E-state index in [0.29, 0.717) is 25.7 Å². The van der Waals surface area contributed by atoms with Crippen molar-refractivity contribution in [2.24, 2.45) is 5.92 Å². The summed E-state index contributed by atoms with van der Waals surface area (Å²) in [4.78, 5) is 16.1. The average molecular weight is 242 g/mol. The molecular formula is C12H22N2O3. The maximum absolute atomic E-state index is 12.0. The molecule has 2 fully saturated rings. The summed E-state index contributed by atoms with van der Waals surface area (Å²) < 4.78 is 5.23. The number of rotatable bonds is 4. The van der Waals surface area contributed by atoms with E-state index in [2.05, 4.69) is 4.90 Å². The van der Waals surface area contributed by atoms with Crippen molar-refractivity contribution in [1.29, 1.82) is 0 Å². The first-order valence-electron chi connectivity index (χ1n) is 6.48. The molecule has 0 aliphatic carbocycles. The second kappa shape index (κ2) is 6.33. The van der Waals surface area contributed by atoms with Gasteiger partial charge in [0.2, 0.25) is 5.91 Å². The number of carbonyl (C=O) groups is 1. The summed E-state index contributed by atoms with van der Waals surface area (Å²) in [6, 6.07) is 0. The molecular weight excluding hydrogens is 220 g/mol. The molecule has 5 nitrogen and oxygen atoms in total. The van der Waals surface area contributed by atoms with Crippen molar-refractivity contribution in [3.8, 4) is 0 Å². The van der Waals surface area contributed by atoms with Crippen molar-refractivity contribution in [2.45, 2.75) is 12.8 Å². The van der Waals surface area contributed by atoms with E-state index in [1.807, 2.05) is 4.90 Å². The fourth-order valence-electron chi connectivity index (χ4n) is 2.58. The largest absolute Gasteiger partial charge is 0.396 e. The highest BCUT2D eigenvalue weighted by atomic mass is 16.5. The van der Waals surface area contributed by atoms with Gasteiger partial charge in [0.1, 0.15) is 0 Å². The Kier molecular flexibility index (Phi) is 4.76. The van der Waals surface area contributed by atoms with Crippen molar-refractivity contribution in [1.82, 2.24) is 9.80 Å². The quantitative estimate of drug-likeness (QED) is 0.725. The Morgan fingerprint density at radius 3 is 2.76 bits per heavy atom. The van der Waals surface area contributed by atoms with E-state index in [0.717, 1.165) is 39.0 Å². The van der Waals surface area contributed by atoms with Crippen LogP contribution in [0, 0.1) is 5.92 Å². The van der Waals surface area contributed by atoms with Crippen molar-refractivity contribution in [3.05, 3.63) is 0 Å². The molecule has 2 aliphatic rings. The molecule has 17 heavy (non-hydrogen) atoms. The lowest BCUT2D eigenvalue weighted by Gasteiger charge is -2.28. The molecule has 0 aromatic heterocycles. The van der Waals surface area contributed by atoms with Crippen LogP contribution in [0.4, 0.5) is 0 Å². The van der Waals surface area contributed by atoms with Gasteiger partial charge in [0.15, 0.2) is 0 Å². The van der Waals surface area contributed by atoms with Crippen LogP contribution in [0.15, 0.2) is 0 Å². The number of morpholine rings is 1. The zero-order valence-electron chi connectivity index (χ0n) is 10.3. The topological polar surface area (TPSA) is 53.0 Å². The van der Waals surface area contributed by atoms with E-state index in [-0.39, 0.29) is 12.5 Å². The lowest BCUT2D eigenvalue weighted by Crippen LogP contribution is -2.45. The van der Waals surface area contributed by atoms with Gasteiger partial charge in [-0.3, -0.25) is 9.69 Å². The molecule has 1 amide bonds. The molecule has 0 bridgehead atoms. The number of ether oxygens (including phenoxy) is 1. The Hall–Kier alpha value is -0.650. The van der Waals surface area contributed by atoms with Crippen LogP contribution in [0.2, 0.25) is 0 Å². The van der Waals surface area contributed by atoms with Gasteiger partial charge in [-0.25, -0.2) is 0 Å². The number of aliphatic hydroxyl groups is 1. The molecule has 0 radical (unpaired) electrons. The number of hydrogen-bond acceptors (Lipinski definition) is 4. The van der Waals surface area contributed by atoms with Gasteiger partial charge in [-0.15, -0.1) is 0 Å². The molecule has 0 aromatic carbocycles. The molecule has 2 heterocycles. The predicted molar refractivity (Wildman–Crippen MR) is 63.6 cm³/mol. The van der Waals surface area contributed by atoms with Crippen LogP contribution < -0.4 is 0 Å². The maximum Gasteiger partial charge on any atom is 0.236 e. The van der Waals surface area contributed by atoms with E-state index in [4.69, 9.17) is 9.84 Å². The lowest BCUT2D eigenvalue weighted by molar-refractivity contribution is -0.136. The second-order valence-corrected chi connectivity index (χ2v) is 4.90. The lowest BCUT2D eigenvalue weighted by atomic mass is 10.1. The molecule has 1 unspecified atom stereocenters. The molecule has 2 aliphatic heterocycles. The molecule has 1 atom stereocenters. The third-order valence-corrected chi connectivity index (χ3v) is 3.63. The Morgan fingerprint density at radius 2 is 2.06 bits per heavy atom. The molecule has 5 heteroatoms. The first-order chi connectivity index (χ1) is 8.29. The first-order valence-corrected chi connectivity index (χ1v) is 6.48. The van der Waals surface area contributed by atoms with Crippen LogP contribution in [0.1, 0.15) is 12.8 Å². The summed E-state index contributed by atoms with van der Waals surface area (Å²) >= 11 is 0. The van der Waals surface area contributed by atoms with Crippen LogP contribution in [0.3, 0.4) is 0 Å². The number of nitrogens with zero attached hydrogens (tertiary/aromatic N) is 2. The van der Waals surface area contributed by atoms with E-state index < -0.39 is 0 Å². The molecule has 0 saturated carbocycles. The Balaban J connectivity index is 1.71. The van der Waals surface area contributed by atoms with Gasteiger partial charge in [-0.2, -0.15) is 0 Å². The molecule has 0 spiro atoms. The Morgan fingerprint density at radius 1 is 1.29 bits per heavy atom. The first kappa shape index (κ1) is 12.8. The van der Waals surface area contributed by atoms with Crippen LogP contribution in [0.25, 0.3) is 0 Å². The normalized spacial score (nSPS) is 26.4. The number of likely N-dealkylation sites (tertiary alicyclic amines) is 1. The fraction of sp³-hybridized carbons (Fsp3) is 0.917. The molecule has 2 saturated heterocycles. The minimum Gasteiger partial charge on any atom is -0.396 e. The molecule has 0 aromatic rings. The van der Waals surface area contributed by atoms with Crippen LogP contribution >= 0.6 is 0 Å². The minimum atomic E-state index is 0.220. The van der Waals surface area contributed by atoms with Gasteiger partial charge >= 0.3 is 0 Å². The molecule has 98 valence electrons. The second-order valence-electron chi connectivity index (χ2n) is 4.90. The SMILES string of the molecule is O=C(CN1CCC(CCO)C1)N1CCOCC1. The van der Waals surface area contributed by atoms with E-state index in [1.54, 1.807) is 0 Å². The van der Waals surface area contributed by atoms with Crippen LogP contribution in [0.5, 0.6) is 0 Å². The van der Waals surface area contributed by atoms with Crippen molar-refractivity contribution >= 4 is 5.91 Å². The van der Waals surface area contributed by atoms with Gasteiger partial charge in [0, 0.05) is 26.2 Å². The summed E-state index contributed by atoms with van der Waals surface area (Å²) in [7, 11) is 0. The highest BCUT2D eigenvalue weighted by Gasteiger charge is 2.25. The zero-order chi connectivity index (χ0) is 12.1. The van der Waals surface area contributed by atoms with Gasteiger partial charge in [0.25, 0.3) is 0 Å². The number of aliphatic hydroxyl groups excluding tert-OH is 1. The van der Waals surface area contributed by atoms with Crippen molar-refractivity contribution in [2.75, 3.05) is 52.5 Å². The predicted octanol–water partition coefficient (Wildman–Crippen LogP) is -0.450. The third kappa shape index (κ3) is 3.66. The molecule has 2 rings (SSSR count).